The number of anilines is 2. The van der Waals surface area contributed by atoms with Crippen LogP contribution in [0.4, 0.5) is 11.4 Å². The van der Waals surface area contributed by atoms with Crippen LogP contribution in [0.5, 0.6) is 11.5 Å². The lowest BCUT2D eigenvalue weighted by molar-refractivity contribution is -0.118. The third-order valence-corrected chi connectivity index (χ3v) is 6.18. The van der Waals surface area contributed by atoms with E-state index < -0.39 is 10.0 Å². The Balaban J connectivity index is 1.55. The maximum atomic E-state index is 12.6. The van der Waals surface area contributed by atoms with Gasteiger partial charge in [0.2, 0.25) is 0 Å². The van der Waals surface area contributed by atoms with E-state index >= 15 is 0 Å². The molecule has 1 amide bonds. The Kier molecular flexibility index (Phi) is 7.61. The van der Waals surface area contributed by atoms with Crippen LogP contribution in [0.15, 0.2) is 71.6 Å². The molecule has 0 aliphatic carbocycles. The van der Waals surface area contributed by atoms with Crippen molar-refractivity contribution >= 4 is 38.9 Å². The Morgan fingerprint density at radius 2 is 1.50 bits per heavy atom. The van der Waals surface area contributed by atoms with Gasteiger partial charge in [-0.3, -0.25) is 9.52 Å². The van der Waals surface area contributed by atoms with Gasteiger partial charge in [-0.05, 0) is 80.1 Å². The summed E-state index contributed by atoms with van der Waals surface area (Å²) in [5.41, 5.74) is 1.83. The van der Waals surface area contributed by atoms with Crippen molar-refractivity contribution in [2.75, 3.05) is 23.3 Å². The van der Waals surface area contributed by atoms with Crippen molar-refractivity contribution < 1.29 is 22.7 Å². The lowest BCUT2D eigenvalue weighted by Crippen LogP contribution is -2.20. The summed E-state index contributed by atoms with van der Waals surface area (Å²) in [5.74, 6) is 0.740. The largest absolute Gasteiger partial charge is 0.494 e. The van der Waals surface area contributed by atoms with Crippen LogP contribution in [-0.2, 0) is 14.8 Å². The van der Waals surface area contributed by atoms with Gasteiger partial charge in [0, 0.05) is 10.7 Å². The van der Waals surface area contributed by atoms with Crippen molar-refractivity contribution in [1.29, 1.82) is 0 Å². The second kappa shape index (κ2) is 10.4. The molecule has 0 heterocycles. The number of aryl methyl sites for hydroxylation is 1. The highest BCUT2D eigenvalue weighted by Gasteiger charge is 2.15. The molecule has 3 rings (SSSR count). The van der Waals surface area contributed by atoms with Crippen molar-refractivity contribution in [3.8, 4) is 11.5 Å². The lowest BCUT2D eigenvalue weighted by Gasteiger charge is -2.11. The fraction of sp³-hybridized carbons (Fsp3) is 0.174. The minimum absolute atomic E-state index is 0.0559. The third kappa shape index (κ3) is 6.38. The molecule has 0 saturated carbocycles. The van der Waals surface area contributed by atoms with E-state index in [2.05, 4.69) is 10.0 Å². The zero-order valence-electron chi connectivity index (χ0n) is 17.6. The summed E-state index contributed by atoms with van der Waals surface area (Å²) in [4.78, 5) is 12.1. The highest BCUT2D eigenvalue weighted by atomic mass is 35.5. The molecule has 3 aromatic rings. The molecule has 9 heteroatoms. The van der Waals surface area contributed by atoms with Crippen LogP contribution in [0.25, 0.3) is 0 Å². The molecular weight excluding hydrogens is 452 g/mol. The molecule has 0 atom stereocenters. The summed E-state index contributed by atoms with van der Waals surface area (Å²) in [6.45, 7) is 4.07. The molecular formula is C23H23ClN2O5S. The van der Waals surface area contributed by atoms with Gasteiger partial charge in [-0.15, -0.1) is 0 Å². The number of sulfonamides is 1. The van der Waals surface area contributed by atoms with Crippen LogP contribution in [0.2, 0.25) is 5.02 Å². The molecule has 0 aliphatic heterocycles. The summed E-state index contributed by atoms with van der Waals surface area (Å²) in [5, 5.41) is 3.19. The maximum absolute atomic E-state index is 12.6. The number of benzene rings is 3. The summed E-state index contributed by atoms with van der Waals surface area (Å²) in [6, 6.07) is 17.7. The normalized spacial score (nSPS) is 11.0. The number of halogens is 1. The highest BCUT2D eigenvalue weighted by molar-refractivity contribution is 7.92. The number of amides is 1. The number of carbonyl (C=O) groups is 1. The van der Waals surface area contributed by atoms with Crippen molar-refractivity contribution in [3.63, 3.8) is 0 Å². The Hall–Kier alpha value is -3.23. The third-order valence-electron chi connectivity index (χ3n) is 4.38. The van der Waals surface area contributed by atoms with E-state index in [1.54, 1.807) is 42.5 Å². The Morgan fingerprint density at radius 1 is 0.906 bits per heavy atom. The van der Waals surface area contributed by atoms with Gasteiger partial charge < -0.3 is 14.8 Å². The number of carbonyl (C=O) groups excluding carboxylic acids is 1. The molecule has 0 bridgehead atoms. The fourth-order valence-electron chi connectivity index (χ4n) is 2.73. The monoisotopic (exact) mass is 474 g/mol. The molecule has 0 saturated heterocycles. The molecule has 32 heavy (non-hydrogen) atoms. The average Bonchev–Trinajstić information content (AvgIpc) is 2.76. The molecule has 0 aromatic heterocycles. The fourth-order valence-corrected chi connectivity index (χ4v) is 3.96. The van der Waals surface area contributed by atoms with Gasteiger partial charge in [-0.25, -0.2) is 8.42 Å². The SMILES string of the molecule is CCOc1ccc(NC(=O)COc2ccc(S(=O)(=O)Nc3ccc(C)c(Cl)c3)cc2)cc1. The molecule has 2 N–H and O–H groups in total. The number of hydrogen-bond acceptors (Lipinski definition) is 5. The van der Waals surface area contributed by atoms with Gasteiger partial charge >= 0.3 is 0 Å². The van der Waals surface area contributed by atoms with E-state index in [0.717, 1.165) is 11.3 Å². The number of hydrogen-bond donors (Lipinski definition) is 2. The van der Waals surface area contributed by atoms with E-state index in [9.17, 15) is 13.2 Å². The van der Waals surface area contributed by atoms with Crippen LogP contribution >= 0.6 is 11.6 Å². The summed E-state index contributed by atoms with van der Waals surface area (Å²) < 4.78 is 38.4. The standard InChI is InChI=1S/C23H23ClN2O5S/c1-3-30-19-8-6-17(7-9-19)25-23(27)15-31-20-10-12-21(13-11-20)32(28,29)26-18-5-4-16(2)22(24)14-18/h4-14,26H,3,15H2,1-2H3,(H,25,27). The quantitative estimate of drug-likeness (QED) is 0.461. The van der Waals surface area contributed by atoms with Crippen LogP contribution < -0.4 is 19.5 Å². The van der Waals surface area contributed by atoms with Crippen molar-refractivity contribution in [2.45, 2.75) is 18.7 Å². The van der Waals surface area contributed by atoms with E-state index in [-0.39, 0.29) is 17.4 Å². The summed E-state index contributed by atoms with van der Waals surface area (Å²) >= 11 is 6.05. The van der Waals surface area contributed by atoms with Crippen molar-refractivity contribution in [2.24, 2.45) is 0 Å². The van der Waals surface area contributed by atoms with Gasteiger partial charge in [0.15, 0.2) is 6.61 Å². The molecule has 168 valence electrons. The molecule has 0 aliphatic rings. The minimum atomic E-state index is -3.79. The van der Waals surface area contributed by atoms with Gasteiger partial charge in [0.25, 0.3) is 15.9 Å². The van der Waals surface area contributed by atoms with E-state index in [4.69, 9.17) is 21.1 Å². The zero-order chi connectivity index (χ0) is 23.1. The van der Waals surface area contributed by atoms with Gasteiger partial charge in [-0.2, -0.15) is 0 Å². The molecule has 0 spiro atoms. The summed E-state index contributed by atoms with van der Waals surface area (Å²) in [7, 11) is -3.79. The molecule has 3 aromatic carbocycles. The topological polar surface area (TPSA) is 93.7 Å². The predicted octanol–water partition coefficient (Wildman–Crippen LogP) is 4.87. The Morgan fingerprint density at radius 3 is 2.12 bits per heavy atom. The second-order valence-corrected chi connectivity index (χ2v) is 8.92. The van der Waals surface area contributed by atoms with E-state index in [1.807, 2.05) is 13.8 Å². The smallest absolute Gasteiger partial charge is 0.262 e. The number of ether oxygens (including phenoxy) is 2. The second-order valence-electron chi connectivity index (χ2n) is 6.84. The average molecular weight is 475 g/mol. The number of rotatable bonds is 9. The first-order valence-electron chi connectivity index (χ1n) is 9.81. The number of nitrogens with one attached hydrogen (secondary N) is 2. The molecule has 7 nitrogen and oxygen atoms in total. The molecule has 0 radical (unpaired) electrons. The van der Waals surface area contributed by atoms with Crippen LogP contribution in [0, 0.1) is 6.92 Å². The predicted molar refractivity (Wildman–Crippen MR) is 125 cm³/mol. The van der Waals surface area contributed by atoms with Crippen LogP contribution in [-0.4, -0.2) is 27.5 Å². The van der Waals surface area contributed by atoms with Crippen LogP contribution in [0.1, 0.15) is 12.5 Å². The maximum Gasteiger partial charge on any atom is 0.262 e. The summed E-state index contributed by atoms with van der Waals surface area (Å²) in [6.07, 6.45) is 0. The van der Waals surface area contributed by atoms with E-state index in [1.165, 1.54) is 24.3 Å². The van der Waals surface area contributed by atoms with Gasteiger partial charge in [0.1, 0.15) is 11.5 Å². The van der Waals surface area contributed by atoms with Crippen molar-refractivity contribution in [1.82, 2.24) is 0 Å². The molecule has 0 unspecified atom stereocenters. The Labute approximate surface area is 192 Å². The first-order valence-corrected chi connectivity index (χ1v) is 11.7. The zero-order valence-corrected chi connectivity index (χ0v) is 19.2. The van der Waals surface area contributed by atoms with Crippen molar-refractivity contribution in [3.05, 3.63) is 77.3 Å². The molecule has 0 fully saturated rings. The van der Waals surface area contributed by atoms with Gasteiger partial charge in [-0.1, -0.05) is 17.7 Å². The first-order chi connectivity index (χ1) is 15.3. The highest BCUT2D eigenvalue weighted by Crippen LogP contribution is 2.23. The van der Waals surface area contributed by atoms with E-state index in [0.29, 0.717) is 28.8 Å². The lowest BCUT2D eigenvalue weighted by atomic mass is 10.2. The van der Waals surface area contributed by atoms with Crippen LogP contribution in [0.3, 0.4) is 0 Å². The van der Waals surface area contributed by atoms with Gasteiger partial charge in [0.05, 0.1) is 17.2 Å². The Bertz CT molecular complexity index is 1180. The minimum Gasteiger partial charge on any atom is -0.494 e. The first kappa shape index (κ1) is 23.4.